The van der Waals surface area contributed by atoms with E-state index in [1.807, 2.05) is 54.6 Å². The van der Waals surface area contributed by atoms with Crippen LogP contribution in [0.15, 0.2) is 103 Å². The average Bonchev–Trinajstić information content (AvgIpc) is 2.89. The first-order valence-corrected chi connectivity index (χ1v) is 11.5. The Balaban J connectivity index is 1.68. The van der Waals surface area contributed by atoms with Gasteiger partial charge in [-0.25, -0.2) is 4.39 Å². The Hall–Kier alpha value is -4.11. The van der Waals surface area contributed by atoms with Gasteiger partial charge in [0.05, 0.1) is 22.8 Å². The Labute approximate surface area is 198 Å². The van der Waals surface area contributed by atoms with Crippen LogP contribution in [0.3, 0.4) is 0 Å². The molecule has 1 aliphatic heterocycles. The topological polar surface area (TPSA) is 25.8 Å². The zero-order valence-electron chi connectivity index (χ0n) is 19.1. The second kappa shape index (κ2) is 7.74. The van der Waals surface area contributed by atoms with Gasteiger partial charge in [0.2, 0.25) is 0 Å². The van der Waals surface area contributed by atoms with E-state index in [1.165, 1.54) is 6.07 Å². The Morgan fingerprint density at radius 3 is 1.71 bits per heavy atom. The van der Waals surface area contributed by atoms with Crippen molar-refractivity contribution in [2.75, 3.05) is 0 Å². The molecule has 10 bridgehead atoms. The minimum atomic E-state index is -0.459. The van der Waals surface area contributed by atoms with Crippen molar-refractivity contribution in [2.45, 2.75) is 19.3 Å². The van der Waals surface area contributed by atoms with E-state index in [9.17, 15) is 0 Å². The predicted octanol–water partition coefficient (Wildman–Crippen LogP) is 7.92. The molecule has 6 rings (SSSR count). The van der Waals surface area contributed by atoms with E-state index in [0.29, 0.717) is 11.3 Å². The Bertz CT molecular complexity index is 1550. The van der Waals surface area contributed by atoms with Gasteiger partial charge in [-0.2, -0.15) is 0 Å². The molecule has 0 atom stereocenters. The van der Waals surface area contributed by atoms with Crippen molar-refractivity contribution in [3.8, 4) is 44.8 Å². The maximum absolute atomic E-state index is 15.0. The molecule has 164 valence electrons. The zero-order chi connectivity index (χ0) is 23.3. The van der Waals surface area contributed by atoms with Crippen LogP contribution in [-0.4, -0.2) is 9.97 Å². The van der Waals surface area contributed by atoms with Gasteiger partial charge in [-0.05, 0) is 84.6 Å². The molecule has 0 saturated carbocycles. The van der Waals surface area contributed by atoms with Crippen molar-refractivity contribution in [2.24, 2.45) is 0 Å². The quantitative estimate of drug-likeness (QED) is 0.243. The minimum Gasteiger partial charge on any atom is -0.252 e. The summed E-state index contributed by atoms with van der Waals surface area (Å²) in [6.07, 6.45) is 0. The number of rotatable bonds is 0. The first-order chi connectivity index (χ1) is 16.5. The summed E-state index contributed by atoms with van der Waals surface area (Å²) in [5.74, 6) is -0.281. The number of pyridine rings is 2. The van der Waals surface area contributed by atoms with Gasteiger partial charge in [-0.15, -0.1) is 0 Å². The normalized spacial score (nSPS) is 13.4. The van der Waals surface area contributed by atoms with Crippen LogP contribution in [0.5, 0.6) is 0 Å². The van der Waals surface area contributed by atoms with Crippen LogP contribution in [0, 0.1) is 5.82 Å². The summed E-state index contributed by atoms with van der Waals surface area (Å²) in [6.45, 7) is 4.23. The van der Waals surface area contributed by atoms with Crippen molar-refractivity contribution < 1.29 is 4.39 Å². The molecule has 3 heterocycles. The second-order valence-corrected chi connectivity index (χ2v) is 9.30. The summed E-state index contributed by atoms with van der Waals surface area (Å²) in [5, 5.41) is 0. The lowest BCUT2D eigenvalue weighted by Crippen LogP contribution is -2.22. The molecule has 34 heavy (non-hydrogen) atoms. The summed E-state index contributed by atoms with van der Waals surface area (Å²) >= 11 is 0. The van der Waals surface area contributed by atoms with Crippen LogP contribution in [0.2, 0.25) is 0 Å². The first kappa shape index (κ1) is 20.5. The fraction of sp³-hybridized carbons (Fsp3) is 0.0968. The number of hydrogen-bond donors (Lipinski definition) is 0. The fourth-order valence-electron chi connectivity index (χ4n) is 4.65. The minimum absolute atomic E-state index is 0.281. The molecular weight excluding hydrogens is 419 g/mol. The molecule has 1 aliphatic rings. The third kappa shape index (κ3) is 3.41. The monoisotopic (exact) mass is 442 g/mol. The zero-order valence-corrected chi connectivity index (χ0v) is 19.1. The average molecular weight is 443 g/mol. The third-order valence-corrected chi connectivity index (χ3v) is 6.71. The van der Waals surface area contributed by atoms with Gasteiger partial charge in [0, 0.05) is 16.5 Å². The molecule has 5 aromatic rings. The van der Waals surface area contributed by atoms with Gasteiger partial charge in [-0.3, -0.25) is 9.97 Å². The van der Waals surface area contributed by atoms with Crippen LogP contribution in [0.4, 0.5) is 4.39 Å². The lowest BCUT2D eigenvalue weighted by molar-refractivity contribution is 0.595. The highest BCUT2D eigenvalue weighted by Crippen LogP contribution is 2.35. The molecule has 0 N–H and O–H groups in total. The fourth-order valence-corrected chi connectivity index (χ4v) is 4.65. The standard InChI is InChI=1S/C31H23FN2/c1-31(2)29-13-5-11-27(33-29)24-10-4-9-22(18-24)20-7-3-8-21(17-20)23-15-16-26(32)25(19-23)28-12-6-14-30(31)34-28/h3-19H,1-2H3. The van der Waals surface area contributed by atoms with Gasteiger partial charge in [0.1, 0.15) is 5.82 Å². The molecule has 0 fully saturated rings. The lowest BCUT2D eigenvalue weighted by Gasteiger charge is -2.25. The van der Waals surface area contributed by atoms with E-state index >= 15 is 4.39 Å². The van der Waals surface area contributed by atoms with Gasteiger partial charge in [-0.1, -0.05) is 54.6 Å². The molecule has 3 aromatic carbocycles. The molecule has 0 saturated heterocycles. The summed E-state index contributed by atoms with van der Waals surface area (Å²) in [4.78, 5) is 9.96. The molecule has 0 unspecified atom stereocenters. The van der Waals surface area contributed by atoms with E-state index in [0.717, 1.165) is 44.9 Å². The predicted molar refractivity (Wildman–Crippen MR) is 136 cm³/mol. The number of halogens is 1. The van der Waals surface area contributed by atoms with Crippen molar-refractivity contribution in [1.29, 1.82) is 0 Å². The number of nitrogens with zero attached hydrogens (tertiary/aromatic N) is 2. The highest BCUT2D eigenvalue weighted by Gasteiger charge is 2.27. The molecule has 2 aromatic heterocycles. The van der Waals surface area contributed by atoms with Crippen molar-refractivity contribution in [3.05, 3.63) is 120 Å². The molecular formula is C31H23FN2. The van der Waals surface area contributed by atoms with Gasteiger partial charge in [0.15, 0.2) is 0 Å². The second-order valence-electron chi connectivity index (χ2n) is 9.30. The van der Waals surface area contributed by atoms with Crippen LogP contribution in [0.1, 0.15) is 25.2 Å². The molecule has 3 heteroatoms. The number of fused-ring (bicyclic) bond motifs is 14. The highest BCUT2D eigenvalue weighted by atomic mass is 19.1. The summed E-state index contributed by atoms with van der Waals surface area (Å²) in [6, 6.07) is 34.0. The van der Waals surface area contributed by atoms with Gasteiger partial charge >= 0.3 is 0 Å². The molecule has 0 amide bonds. The van der Waals surface area contributed by atoms with Crippen LogP contribution in [-0.2, 0) is 5.41 Å². The molecule has 0 spiro atoms. The highest BCUT2D eigenvalue weighted by molar-refractivity contribution is 5.78. The van der Waals surface area contributed by atoms with Crippen LogP contribution in [0.25, 0.3) is 44.8 Å². The largest absolute Gasteiger partial charge is 0.252 e. The molecule has 2 nitrogen and oxygen atoms in total. The number of hydrogen-bond acceptors (Lipinski definition) is 2. The van der Waals surface area contributed by atoms with Crippen LogP contribution >= 0.6 is 0 Å². The lowest BCUT2D eigenvalue weighted by atomic mass is 9.84. The van der Waals surface area contributed by atoms with Gasteiger partial charge < -0.3 is 0 Å². The van der Waals surface area contributed by atoms with E-state index < -0.39 is 5.41 Å². The molecule has 0 radical (unpaired) electrons. The Kier molecular flexibility index (Phi) is 4.66. The first-order valence-electron chi connectivity index (χ1n) is 11.5. The van der Waals surface area contributed by atoms with Crippen molar-refractivity contribution in [1.82, 2.24) is 9.97 Å². The summed E-state index contributed by atoms with van der Waals surface area (Å²) in [7, 11) is 0. The van der Waals surface area contributed by atoms with Gasteiger partial charge in [0.25, 0.3) is 0 Å². The third-order valence-electron chi connectivity index (χ3n) is 6.71. The SMILES string of the molecule is CC1(C)c2cccc(n2)-c2cccc(c2)-c2cccc(c2)-c2ccc(F)c(c2)-c2cccc1n2. The van der Waals surface area contributed by atoms with Crippen molar-refractivity contribution >= 4 is 0 Å². The number of benzene rings is 3. The summed E-state index contributed by atoms with van der Waals surface area (Å²) in [5.41, 5.74) is 8.63. The molecule has 0 aliphatic carbocycles. The van der Waals surface area contributed by atoms with Crippen molar-refractivity contribution in [3.63, 3.8) is 0 Å². The maximum atomic E-state index is 15.0. The smallest absolute Gasteiger partial charge is 0.132 e. The van der Waals surface area contributed by atoms with E-state index in [4.69, 9.17) is 9.97 Å². The Morgan fingerprint density at radius 1 is 0.529 bits per heavy atom. The van der Waals surface area contributed by atoms with E-state index in [1.54, 1.807) is 0 Å². The maximum Gasteiger partial charge on any atom is 0.132 e. The van der Waals surface area contributed by atoms with E-state index in [-0.39, 0.29) is 5.82 Å². The van der Waals surface area contributed by atoms with E-state index in [2.05, 4.69) is 56.3 Å². The number of aromatic nitrogens is 2. The van der Waals surface area contributed by atoms with Crippen LogP contribution < -0.4 is 0 Å². The Morgan fingerprint density at radius 2 is 1.03 bits per heavy atom. The summed E-state index contributed by atoms with van der Waals surface area (Å²) < 4.78 is 15.0.